The number of nitrogens with zero attached hydrogens (tertiary/aromatic N) is 2. The molecule has 0 atom stereocenters. The molecule has 0 saturated heterocycles. The first kappa shape index (κ1) is 22.1. The van der Waals surface area contributed by atoms with Crippen molar-refractivity contribution in [2.45, 2.75) is 26.8 Å². The van der Waals surface area contributed by atoms with Crippen molar-refractivity contribution < 1.29 is 9.13 Å². The predicted molar refractivity (Wildman–Crippen MR) is 114 cm³/mol. The molecule has 1 aromatic heterocycles. The van der Waals surface area contributed by atoms with E-state index in [4.69, 9.17) is 4.74 Å². The number of guanidine groups is 1. The average molecular weight is 472 g/mol. The van der Waals surface area contributed by atoms with Crippen LogP contribution in [0.3, 0.4) is 0 Å². The maximum atomic E-state index is 13.7. The van der Waals surface area contributed by atoms with Crippen molar-refractivity contribution in [2.24, 2.45) is 4.99 Å². The molecule has 7 heteroatoms. The lowest BCUT2D eigenvalue weighted by Crippen LogP contribution is -2.38. The minimum Gasteiger partial charge on any atom is -0.478 e. The molecule has 0 aliphatic heterocycles. The van der Waals surface area contributed by atoms with Gasteiger partial charge in [-0.15, -0.1) is 24.0 Å². The monoisotopic (exact) mass is 472 g/mol. The molecule has 2 N–H and O–H groups in total. The molecule has 1 heterocycles. The minimum atomic E-state index is -0.178. The number of aromatic nitrogens is 1. The third-order valence-corrected chi connectivity index (χ3v) is 3.53. The number of aliphatic imine (C=N–C) groups is 1. The van der Waals surface area contributed by atoms with Gasteiger partial charge in [-0.25, -0.2) is 14.4 Å². The Balaban J connectivity index is 0.00000338. The largest absolute Gasteiger partial charge is 0.478 e. The van der Waals surface area contributed by atoms with Gasteiger partial charge in [-0.2, -0.15) is 0 Å². The van der Waals surface area contributed by atoms with E-state index in [9.17, 15) is 4.39 Å². The second-order valence-corrected chi connectivity index (χ2v) is 5.36. The Hall–Kier alpha value is -1.90. The van der Waals surface area contributed by atoms with Gasteiger partial charge in [-0.1, -0.05) is 24.3 Å². The van der Waals surface area contributed by atoms with Gasteiger partial charge in [0.1, 0.15) is 5.82 Å². The van der Waals surface area contributed by atoms with Crippen LogP contribution in [-0.4, -0.2) is 30.6 Å². The van der Waals surface area contributed by atoms with Crippen LogP contribution in [0.4, 0.5) is 4.39 Å². The normalized spacial score (nSPS) is 10.8. The molecule has 0 saturated carbocycles. The number of benzene rings is 1. The fraction of sp³-hybridized carbons (Fsp3) is 0.368. The van der Waals surface area contributed by atoms with Crippen LogP contribution in [0.25, 0.3) is 0 Å². The maximum Gasteiger partial charge on any atom is 0.218 e. The van der Waals surface area contributed by atoms with Crippen LogP contribution in [0.15, 0.2) is 47.6 Å². The Bertz CT molecular complexity index is 697. The minimum absolute atomic E-state index is 0. The van der Waals surface area contributed by atoms with Gasteiger partial charge in [-0.3, -0.25) is 0 Å². The lowest BCUT2D eigenvalue weighted by atomic mass is 10.1. The topological polar surface area (TPSA) is 58.5 Å². The zero-order chi connectivity index (χ0) is 17.9. The smallest absolute Gasteiger partial charge is 0.218 e. The molecule has 0 aliphatic rings. The van der Waals surface area contributed by atoms with Crippen LogP contribution in [0.2, 0.25) is 0 Å². The van der Waals surface area contributed by atoms with Crippen LogP contribution >= 0.6 is 24.0 Å². The molecule has 142 valence electrons. The first-order chi connectivity index (χ1) is 12.2. The van der Waals surface area contributed by atoms with E-state index in [-0.39, 0.29) is 29.8 Å². The van der Waals surface area contributed by atoms with E-state index in [1.807, 2.05) is 32.0 Å². The second-order valence-electron chi connectivity index (χ2n) is 5.36. The Morgan fingerprint density at radius 3 is 2.62 bits per heavy atom. The van der Waals surface area contributed by atoms with Crippen molar-refractivity contribution in [1.82, 2.24) is 15.6 Å². The molecule has 0 radical (unpaired) electrons. The van der Waals surface area contributed by atoms with E-state index in [2.05, 4.69) is 20.6 Å². The van der Waals surface area contributed by atoms with Gasteiger partial charge in [-0.05, 0) is 38.0 Å². The molecule has 1 aromatic carbocycles. The molecule has 0 aliphatic carbocycles. The zero-order valence-electron chi connectivity index (χ0n) is 15.2. The van der Waals surface area contributed by atoms with Gasteiger partial charge in [0.05, 0.1) is 13.2 Å². The molecular weight excluding hydrogens is 446 g/mol. The van der Waals surface area contributed by atoms with Crippen LogP contribution in [0.5, 0.6) is 5.88 Å². The highest BCUT2D eigenvalue weighted by atomic mass is 127. The number of hydrogen-bond donors (Lipinski definition) is 2. The second kappa shape index (κ2) is 12.5. The van der Waals surface area contributed by atoms with Crippen molar-refractivity contribution in [2.75, 3.05) is 19.7 Å². The lowest BCUT2D eigenvalue weighted by Gasteiger charge is -2.12. The summed E-state index contributed by atoms with van der Waals surface area (Å²) in [5.41, 5.74) is 1.62. The number of nitrogens with one attached hydrogen (secondary N) is 2. The number of ether oxygens (including phenoxy) is 1. The summed E-state index contributed by atoms with van der Waals surface area (Å²) in [5.74, 6) is 1.11. The molecule has 2 aromatic rings. The number of pyridine rings is 1. The van der Waals surface area contributed by atoms with E-state index in [1.165, 1.54) is 6.07 Å². The van der Waals surface area contributed by atoms with Crippen molar-refractivity contribution in [1.29, 1.82) is 0 Å². The van der Waals surface area contributed by atoms with Crippen molar-refractivity contribution in [3.8, 4) is 5.88 Å². The Kier molecular flexibility index (Phi) is 10.6. The Morgan fingerprint density at radius 2 is 1.88 bits per heavy atom. The van der Waals surface area contributed by atoms with Gasteiger partial charge in [0.25, 0.3) is 0 Å². The molecule has 0 bridgehead atoms. The fourth-order valence-corrected chi connectivity index (χ4v) is 2.33. The summed E-state index contributed by atoms with van der Waals surface area (Å²) >= 11 is 0. The highest BCUT2D eigenvalue weighted by Gasteiger charge is 2.05. The van der Waals surface area contributed by atoms with E-state index in [0.717, 1.165) is 12.1 Å². The first-order valence-electron chi connectivity index (χ1n) is 8.56. The number of halogens is 2. The van der Waals surface area contributed by atoms with Gasteiger partial charge in [0.2, 0.25) is 5.88 Å². The summed E-state index contributed by atoms with van der Waals surface area (Å²) in [4.78, 5) is 8.79. The Labute approximate surface area is 171 Å². The van der Waals surface area contributed by atoms with E-state index in [1.54, 1.807) is 18.3 Å². The van der Waals surface area contributed by atoms with Crippen LogP contribution in [0.1, 0.15) is 25.0 Å². The predicted octanol–water partition coefficient (Wildman–Crippen LogP) is 3.54. The van der Waals surface area contributed by atoms with Crippen molar-refractivity contribution >= 4 is 29.9 Å². The van der Waals surface area contributed by atoms with Gasteiger partial charge < -0.3 is 15.4 Å². The molecule has 2 rings (SSSR count). The van der Waals surface area contributed by atoms with E-state index in [0.29, 0.717) is 43.5 Å². The third-order valence-electron chi connectivity index (χ3n) is 3.53. The van der Waals surface area contributed by atoms with Crippen LogP contribution in [-0.2, 0) is 13.0 Å². The summed E-state index contributed by atoms with van der Waals surface area (Å²) in [5, 5.41) is 6.42. The first-order valence-corrected chi connectivity index (χ1v) is 8.56. The van der Waals surface area contributed by atoms with Crippen molar-refractivity contribution in [3.05, 3.63) is 59.5 Å². The van der Waals surface area contributed by atoms with Crippen molar-refractivity contribution in [3.63, 3.8) is 0 Å². The molecule has 0 spiro atoms. The van der Waals surface area contributed by atoms with Gasteiger partial charge >= 0.3 is 0 Å². The molecule has 0 fully saturated rings. The summed E-state index contributed by atoms with van der Waals surface area (Å²) < 4.78 is 19.2. The van der Waals surface area contributed by atoms with Gasteiger partial charge in [0, 0.05) is 24.8 Å². The fourth-order valence-electron chi connectivity index (χ4n) is 2.33. The highest BCUT2D eigenvalue weighted by molar-refractivity contribution is 14.0. The summed E-state index contributed by atoms with van der Waals surface area (Å²) in [7, 11) is 0. The molecule has 5 nitrogen and oxygen atoms in total. The summed E-state index contributed by atoms with van der Waals surface area (Å²) in [6.45, 7) is 6.29. The molecule has 0 amide bonds. The maximum absolute atomic E-state index is 13.7. The van der Waals surface area contributed by atoms with E-state index < -0.39 is 0 Å². The number of hydrogen-bond acceptors (Lipinski definition) is 3. The molecular formula is C19H26FIN4O. The quantitative estimate of drug-likeness (QED) is 0.351. The van der Waals surface area contributed by atoms with Gasteiger partial charge in [0.15, 0.2) is 5.96 Å². The highest BCUT2D eigenvalue weighted by Crippen LogP contribution is 2.15. The third kappa shape index (κ3) is 7.15. The standard InChI is InChI=1S/C19H25FN4O.HI/c1-3-21-19(23-13-11-15-8-5-6-10-17(15)20)24-14-16-9-7-12-22-18(16)25-4-2;/h5-10,12H,3-4,11,13-14H2,1-2H3,(H2,21,23,24);1H. The number of rotatable bonds is 8. The lowest BCUT2D eigenvalue weighted by molar-refractivity contribution is 0.323. The summed E-state index contributed by atoms with van der Waals surface area (Å²) in [6.07, 6.45) is 2.30. The SMILES string of the molecule is CCNC(=NCc1cccnc1OCC)NCCc1ccccc1F.I. The van der Waals surface area contributed by atoms with Crippen LogP contribution < -0.4 is 15.4 Å². The van der Waals surface area contributed by atoms with Crippen LogP contribution in [0, 0.1) is 5.82 Å². The average Bonchev–Trinajstić information content (AvgIpc) is 2.62. The zero-order valence-corrected chi connectivity index (χ0v) is 17.5. The summed E-state index contributed by atoms with van der Waals surface area (Å²) in [6, 6.07) is 10.6. The Morgan fingerprint density at radius 1 is 1.12 bits per heavy atom. The molecule has 26 heavy (non-hydrogen) atoms. The van der Waals surface area contributed by atoms with E-state index >= 15 is 0 Å². The molecule has 0 unspecified atom stereocenters.